The van der Waals surface area contributed by atoms with Crippen molar-refractivity contribution in [2.75, 3.05) is 26.7 Å². The van der Waals surface area contributed by atoms with Gasteiger partial charge in [0.2, 0.25) is 5.76 Å². The van der Waals surface area contributed by atoms with Crippen molar-refractivity contribution in [1.29, 1.82) is 0 Å². The van der Waals surface area contributed by atoms with Crippen LogP contribution in [0.3, 0.4) is 0 Å². The molecule has 0 saturated carbocycles. The van der Waals surface area contributed by atoms with E-state index in [9.17, 15) is 0 Å². The Morgan fingerprint density at radius 1 is 1.22 bits per heavy atom. The standard InChI is InChI=1S/C15H16N6O2/c1-21-7-6-16-9-12(21)14-18-15(23-20-14)13-8-11(19-22-13)10-4-2-3-5-17-10/h2-5,8,12,16H,6-7,9H2,1H3. The van der Waals surface area contributed by atoms with E-state index in [0.29, 0.717) is 23.2 Å². The molecule has 0 aliphatic carbocycles. The van der Waals surface area contributed by atoms with Crippen molar-refractivity contribution in [3.8, 4) is 23.0 Å². The molecular weight excluding hydrogens is 296 g/mol. The predicted octanol–water partition coefficient (Wildman–Crippen LogP) is 1.36. The largest absolute Gasteiger partial charge is 0.350 e. The van der Waals surface area contributed by atoms with Crippen LogP contribution in [-0.2, 0) is 0 Å². The Labute approximate surface area is 132 Å². The van der Waals surface area contributed by atoms with Crippen LogP contribution < -0.4 is 5.32 Å². The molecule has 8 heteroatoms. The number of pyridine rings is 1. The van der Waals surface area contributed by atoms with Crippen molar-refractivity contribution in [1.82, 2.24) is 30.5 Å². The van der Waals surface area contributed by atoms with Gasteiger partial charge in [-0.05, 0) is 19.2 Å². The molecule has 8 nitrogen and oxygen atoms in total. The van der Waals surface area contributed by atoms with Gasteiger partial charge in [-0.1, -0.05) is 16.4 Å². The third-order valence-corrected chi connectivity index (χ3v) is 3.90. The minimum Gasteiger partial charge on any atom is -0.350 e. The zero-order valence-electron chi connectivity index (χ0n) is 12.6. The molecule has 0 bridgehead atoms. The number of rotatable bonds is 3. The van der Waals surface area contributed by atoms with Gasteiger partial charge in [-0.2, -0.15) is 4.98 Å². The molecule has 1 aliphatic rings. The number of nitrogens with one attached hydrogen (secondary N) is 1. The highest BCUT2D eigenvalue weighted by molar-refractivity contribution is 5.59. The second-order valence-corrected chi connectivity index (χ2v) is 5.45. The molecule has 3 aromatic rings. The van der Waals surface area contributed by atoms with Crippen LogP contribution in [0.5, 0.6) is 0 Å². The van der Waals surface area contributed by atoms with Gasteiger partial charge in [0.15, 0.2) is 5.82 Å². The molecule has 23 heavy (non-hydrogen) atoms. The summed E-state index contributed by atoms with van der Waals surface area (Å²) in [7, 11) is 2.05. The molecule has 1 aliphatic heterocycles. The molecule has 1 fully saturated rings. The Morgan fingerprint density at radius 3 is 3.00 bits per heavy atom. The second kappa shape index (κ2) is 5.90. The molecule has 3 aromatic heterocycles. The third-order valence-electron chi connectivity index (χ3n) is 3.90. The summed E-state index contributed by atoms with van der Waals surface area (Å²) < 4.78 is 10.6. The number of piperazine rings is 1. The summed E-state index contributed by atoms with van der Waals surface area (Å²) in [6.07, 6.45) is 1.71. The molecule has 1 N–H and O–H groups in total. The maximum atomic E-state index is 5.33. The van der Waals surface area contributed by atoms with Crippen LogP contribution >= 0.6 is 0 Å². The molecule has 0 spiro atoms. The fourth-order valence-corrected chi connectivity index (χ4v) is 2.58. The van der Waals surface area contributed by atoms with Crippen LogP contribution in [0.15, 0.2) is 39.5 Å². The summed E-state index contributed by atoms with van der Waals surface area (Å²) in [6, 6.07) is 7.46. The molecule has 1 saturated heterocycles. The Balaban J connectivity index is 1.59. The lowest BCUT2D eigenvalue weighted by Crippen LogP contribution is -2.44. The maximum absolute atomic E-state index is 5.33. The number of nitrogens with zero attached hydrogens (tertiary/aromatic N) is 5. The van der Waals surface area contributed by atoms with Gasteiger partial charge in [0.1, 0.15) is 5.69 Å². The Bertz CT molecular complexity index is 784. The van der Waals surface area contributed by atoms with E-state index in [1.807, 2.05) is 18.2 Å². The van der Waals surface area contributed by atoms with Crippen molar-refractivity contribution >= 4 is 0 Å². The lowest BCUT2D eigenvalue weighted by Gasteiger charge is -2.30. The Kier molecular flexibility index (Phi) is 3.60. The summed E-state index contributed by atoms with van der Waals surface area (Å²) in [4.78, 5) is 10.9. The third kappa shape index (κ3) is 2.73. The normalized spacial score (nSPS) is 19.1. The second-order valence-electron chi connectivity index (χ2n) is 5.45. The fourth-order valence-electron chi connectivity index (χ4n) is 2.58. The van der Waals surface area contributed by atoms with Gasteiger partial charge < -0.3 is 14.4 Å². The van der Waals surface area contributed by atoms with Gasteiger partial charge in [-0.15, -0.1) is 0 Å². The molecule has 0 aromatic carbocycles. The van der Waals surface area contributed by atoms with Crippen LogP contribution in [0.1, 0.15) is 11.9 Å². The van der Waals surface area contributed by atoms with Gasteiger partial charge in [0.05, 0.1) is 11.7 Å². The van der Waals surface area contributed by atoms with Gasteiger partial charge in [-0.25, -0.2) is 0 Å². The maximum Gasteiger partial charge on any atom is 0.296 e. The molecule has 1 atom stereocenters. The molecular formula is C15H16N6O2. The van der Waals surface area contributed by atoms with E-state index in [2.05, 4.69) is 37.5 Å². The molecule has 4 heterocycles. The topological polar surface area (TPSA) is 93.1 Å². The van der Waals surface area contributed by atoms with Crippen LogP contribution in [0.2, 0.25) is 0 Å². The zero-order valence-corrected chi connectivity index (χ0v) is 12.6. The van der Waals surface area contributed by atoms with Crippen molar-refractivity contribution in [2.24, 2.45) is 0 Å². The Hall–Kier alpha value is -2.58. The van der Waals surface area contributed by atoms with E-state index < -0.39 is 0 Å². The van der Waals surface area contributed by atoms with Crippen LogP contribution in [0, 0.1) is 0 Å². The first-order chi connectivity index (χ1) is 11.3. The van der Waals surface area contributed by atoms with E-state index in [4.69, 9.17) is 9.05 Å². The monoisotopic (exact) mass is 312 g/mol. The van der Waals surface area contributed by atoms with Crippen molar-refractivity contribution in [2.45, 2.75) is 6.04 Å². The smallest absolute Gasteiger partial charge is 0.296 e. The van der Waals surface area contributed by atoms with E-state index in [0.717, 1.165) is 25.3 Å². The summed E-state index contributed by atoms with van der Waals surface area (Å²) in [5.74, 6) is 1.41. The number of hydrogen-bond donors (Lipinski definition) is 1. The fraction of sp³-hybridized carbons (Fsp3) is 0.333. The first kappa shape index (κ1) is 14.0. The molecule has 0 radical (unpaired) electrons. The van der Waals surface area contributed by atoms with Crippen molar-refractivity contribution < 1.29 is 9.05 Å². The van der Waals surface area contributed by atoms with E-state index >= 15 is 0 Å². The minimum absolute atomic E-state index is 0.0967. The number of hydrogen-bond acceptors (Lipinski definition) is 8. The van der Waals surface area contributed by atoms with E-state index in [1.165, 1.54) is 0 Å². The van der Waals surface area contributed by atoms with Crippen LogP contribution in [0.25, 0.3) is 23.0 Å². The first-order valence-electron chi connectivity index (χ1n) is 7.44. The van der Waals surface area contributed by atoms with Gasteiger partial charge in [0, 0.05) is 31.9 Å². The molecule has 0 amide bonds. The average Bonchev–Trinajstić information content (AvgIpc) is 3.25. The predicted molar refractivity (Wildman–Crippen MR) is 81.3 cm³/mol. The Morgan fingerprint density at radius 2 is 2.17 bits per heavy atom. The van der Waals surface area contributed by atoms with E-state index in [-0.39, 0.29) is 6.04 Å². The van der Waals surface area contributed by atoms with E-state index in [1.54, 1.807) is 12.3 Å². The summed E-state index contributed by atoms with van der Waals surface area (Å²) >= 11 is 0. The summed E-state index contributed by atoms with van der Waals surface area (Å²) in [6.45, 7) is 2.71. The van der Waals surface area contributed by atoms with Gasteiger partial charge in [0.25, 0.3) is 5.89 Å². The highest BCUT2D eigenvalue weighted by Gasteiger charge is 2.26. The first-order valence-corrected chi connectivity index (χ1v) is 7.44. The van der Waals surface area contributed by atoms with Crippen LogP contribution in [-0.4, -0.2) is 51.9 Å². The lowest BCUT2D eigenvalue weighted by molar-refractivity contribution is 0.190. The summed E-state index contributed by atoms with van der Waals surface area (Å²) in [5, 5.41) is 11.4. The quantitative estimate of drug-likeness (QED) is 0.775. The van der Waals surface area contributed by atoms with Crippen molar-refractivity contribution in [3.05, 3.63) is 36.3 Å². The summed E-state index contributed by atoms with van der Waals surface area (Å²) in [5.41, 5.74) is 1.37. The number of aromatic nitrogens is 4. The number of likely N-dealkylation sites (N-methyl/N-ethyl adjacent to an activating group) is 1. The van der Waals surface area contributed by atoms with Crippen LogP contribution in [0.4, 0.5) is 0 Å². The molecule has 1 unspecified atom stereocenters. The highest BCUT2D eigenvalue weighted by atomic mass is 16.5. The molecule has 118 valence electrons. The minimum atomic E-state index is 0.0967. The average molecular weight is 312 g/mol. The molecule has 4 rings (SSSR count). The zero-order chi connectivity index (χ0) is 15.6. The SMILES string of the molecule is CN1CCNCC1c1noc(-c2cc(-c3ccccn3)no2)n1. The highest BCUT2D eigenvalue weighted by Crippen LogP contribution is 2.25. The lowest BCUT2D eigenvalue weighted by atomic mass is 10.2. The van der Waals surface area contributed by atoms with Crippen molar-refractivity contribution in [3.63, 3.8) is 0 Å². The van der Waals surface area contributed by atoms with Gasteiger partial charge >= 0.3 is 0 Å². The van der Waals surface area contributed by atoms with Gasteiger partial charge in [-0.3, -0.25) is 9.88 Å².